The molecule has 0 aromatic heterocycles. The quantitative estimate of drug-likeness (QED) is 0.552. The summed E-state index contributed by atoms with van der Waals surface area (Å²) in [5.74, 6) is -0.342. The van der Waals surface area contributed by atoms with Crippen LogP contribution in [-0.2, 0) is 0 Å². The second kappa shape index (κ2) is 3.29. The highest BCUT2D eigenvalue weighted by atomic mass is 19.1. The summed E-state index contributed by atoms with van der Waals surface area (Å²) in [4.78, 5) is 4.16. The zero-order valence-corrected chi connectivity index (χ0v) is 7.57. The second-order valence-corrected chi connectivity index (χ2v) is 3.44. The molecule has 14 heavy (non-hydrogen) atoms. The maximum atomic E-state index is 12.9. The molecular weight excluding hydrogens is 183 g/mol. The number of rotatable bonds is 2. The third-order valence-electron chi connectivity index (χ3n) is 2.05. The molecule has 2 rings (SSSR count). The molecule has 0 heterocycles. The van der Waals surface area contributed by atoms with Gasteiger partial charge in [-0.25, -0.2) is 4.39 Å². The first-order valence-electron chi connectivity index (χ1n) is 4.48. The standard InChI is InChI=1S/C10H11FN2O/c11-7-3-6(4-9(14)5-7)10(12)13-8-1-2-8/h3-5,8,14H,1-2H2,(H2,12,13). The van der Waals surface area contributed by atoms with Crippen molar-refractivity contribution >= 4 is 5.84 Å². The van der Waals surface area contributed by atoms with E-state index in [1.807, 2.05) is 0 Å². The number of nitrogens with zero attached hydrogens (tertiary/aromatic N) is 1. The van der Waals surface area contributed by atoms with E-state index < -0.39 is 5.82 Å². The van der Waals surface area contributed by atoms with Crippen LogP contribution < -0.4 is 5.73 Å². The Morgan fingerprint density at radius 2 is 2.14 bits per heavy atom. The van der Waals surface area contributed by atoms with Crippen LogP contribution >= 0.6 is 0 Å². The van der Waals surface area contributed by atoms with Gasteiger partial charge in [0.05, 0.1) is 6.04 Å². The molecule has 0 saturated heterocycles. The fourth-order valence-corrected chi connectivity index (χ4v) is 1.20. The molecule has 0 aliphatic heterocycles. The Hall–Kier alpha value is -1.58. The van der Waals surface area contributed by atoms with Crippen LogP contribution in [0.5, 0.6) is 5.75 Å². The Bertz CT molecular complexity index is 365. The molecule has 1 saturated carbocycles. The lowest BCUT2D eigenvalue weighted by molar-refractivity contribution is 0.469. The van der Waals surface area contributed by atoms with Crippen molar-refractivity contribution < 1.29 is 9.50 Å². The van der Waals surface area contributed by atoms with Crippen LogP contribution in [0.25, 0.3) is 0 Å². The zero-order valence-electron chi connectivity index (χ0n) is 7.57. The fraction of sp³-hybridized carbons (Fsp3) is 0.300. The summed E-state index contributed by atoms with van der Waals surface area (Å²) in [5.41, 5.74) is 6.09. The predicted molar refractivity (Wildman–Crippen MR) is 51.8 cm³/mol. The van der Waals surface area contributed by atoms with Crippen molar-refractivity contribution in [1.82, 2.24) is 0 Å². The Balaban J connectivity index is 2.30. The molecule has 3 N–H and O–H groups in total. The van der Waals surface area contributed by atoms with Gasteiger partial charge in [-0.3, -0.25) is 4.99 Å². The average molecular weight is 194 g/mol. The van der Waals surface area contributed by atoms with E-state index in [0.29, 0.717) is 17.4 Å². The number of aromatic hydroxyl groups is 1. The lowest BCUT2D eigenvalue weighted by Crippen LogP contribution is -2.14. The lowest BCUT2D eigenvalue weighted by Gasteiger charge is -2.01. The molecule has 0 radical (unpaired) electrons. The molecule has 1 fully saturated rings. The van der Waals surface area contributed by atoms with Gasteiger partial charge in [0, 0.05) is 11.6 Å². The van der Waals surface area contributed by atoms with E-state index in [2.05, 4.69) is 4.99 Å². The maximum Gasteiger partial charge on any atom is 0.127 e. The number of phenolic OH excluding ortho intramolecular Hbond substituents is 1. The second-order valence-electron chi connectivity index (χ2n) is 3.44. The molecule has 74 valence electrons. The number of nitrogens with two attached hydrogens (primary N) is 1. The first-order chi connectivity index (χ1) is 6.65. The van der Waals surface area contributed by atoms with E-state index in [-0.39, 0.29) is 5.75 Å². The molecule has 0 unspecified atom stereocenters. The molecule has 0 spiro atoms. The summed E-state index contributed by atoms with van der Waals surface area (Å²) in [5, 5.41) is 9.14. The minimum absolute atomic E-state index is 0.131. The number of aliphatic imine (C=N–C) groups is 1. The largest absolute Gasteiger partial charge is 0.508 e. The minimum atomic E-state index is -0.506. The van der Waals surface area contributed by atoms with Crippen LogP contribution in [0.15, 0.2) is 23.2 Å². The third kappa shape index (κ3) is 2.02. The van der Waals surface area contributed by atoms with Gasteiger partial charge in [0.1, 0.15) is 17.4 Å². The van der Waals surface area contributed by atoms with Crippen molar-refractivity contribution in [3.63, 3.8) is 0 Å². The van der Waals surface area contributed by atoms with E-state index in [9.17, 15) is 4.39 Å². The fourth-order valence-electron chi connectivity index (χ4n) is 1.20. The minimum Gasteiger partial charge on any atom is -0.508 e. The van der Waals surface area contributed by atoms with Crippen molar-refractivity contribution in [2.75, 3.05) is 0 Å². The van der Waals surface area contributed by atoms with Gasteiger partial charge in [-0.2, -0.15) is 0 Å². The van der Waals surface area contributed by atoms with Crippen LogP contribution in [-0.4, -0.2) is 17.0 Å². The summed E-state index contributed by atoms with van der Waals surface area (Å²) in [6.07, 6.45) is 2.09. The van der Waals surface area contributed by atoms with Gasteiger partial charge in [-0.15, -0.1) is 0 Å². The Kier molecular flexibility index (Phi) is 2.11. The predicted octanol–water partition coefficient (Wildman–Crippen LogP) is 1.40. The van der Waals surface area contributed by atoms with Crippen LogP contribution in [0.1, 0.15) is 18.4 Å². The molecular formula is C10H11FN2O. The summed E-state index contributed by atoms with van der Waals surface area (Å²) in [6.45, 7) is 0. The molecule has 1 aromatic rings. The Morgan fingerprint density at radius 1 is 1.43 bits per heavy atom. The van der Waals surface area contributed by atoms with Crippen molar-refractivity contribution in [2.45, 2.75) is 18.9 Å². The Morgan fingerprint density at radius 3 is 2.71 bits per heavy atom. The van der Waals surface area contributed by atoms with Gasteiger partial charge >= 0.3 is 0 Å². The summed E-state index contributed by atoms with van der Waals surface area (Å²) >= 11 is 0. The topological polar surface area (TPSA) is 58.6 Å². The van der Waals surface area contributed by atoms with E-state index in [4.69, 9.17) is 10.8 Å². The van der Waals surface area contributed by atoms with Crippen molar-refractivity contribution in [2.24, 2.45) is 10.7 Å². The molecule has 0 atom stereocenters. The summed E-state index contributed by atoms with van der Waals surface area (Å²) < 4.78 is 12.9. The van der Waals surface area contributed by atoms with Crippen LogP contribution in [0, 0.1) is 5.82 Å². The van der Waals surface area contributed by atoms with E-state index in [1.54, 1.807) is 0 Å². The number of benzene rings is 1. The highest BCUT2D eigenvalue weighted by Crippen LogP contribution is 2.24. The lowest BCUT2D eigenvalue weighted by atomic mass is 10.2. The van der Waals surface area contributed by atoms with Crippen molar-refractivity contribution in [3.05, 3.63) is 29.6 Å². The third-order valence-corrected chi connectivity index (χ3v) is 2.05. The Labute approximate surface area is 81.1 Å². The van der Waals surface area contributed by atoms with Gasteiger partial charge in [0.15, 0.2) is 0 Å². The molecule has 0 amide bonds. The van der Waals surface area contributed by atoms with Crippen LogP contribution in [0.4, 0.5) is 4.39 Å². The first kappa shape index (κ1) is 8.99. The number of hydrogen-bond acceptors (Lipinski definition) is 2. The van der Waals surface area contributed by atoms with E-state index >= 15 is 0 Å². The molecule has 3 nitrogen and oxygen atoms in total. The smallest absolute Gasteiger partial charge is 0.127 e. The number of amidine groups is 1. The highest BCUT2D eigenvalue weighted by molar-refractivity contribution is 5.98. The summed E-state index contributed by atoms with van der Waals surface area (Å²) in [7, 11) is 0. The monoisotopic (exact) mass is 194 g/mol. The van der Waals surface area contributed by atoms with Gasteiger partial charge in [-0.05, 0) is 25.0 Å². The number of phenols is 1. The highest BCUT2D eigenvalue weighted by Gasteiger charge is 2.20. The molecule has 1 aliphatic rings. The van der Waals surface area contributed by atoms with E-state index in [0.717, 1.165) is 18.9 Å². The van der Waals surface area contributed by atoms with Gasteiger partial charge < -0.3 is 10.8 Å². The van der Waals surface area contributed by atoms with Crippen molar-refractivity contribution in [1.29, 1.82) is 0 Å². The number of halogens is 1. The van der Waals surface area contributed by atoms with Gasteiger partial charge in [0.2, 0.25) is 0 Å². The molecule has 1 aliphatic carbocycles. The molecule has 1 aromatic carbocycles. The van der Waals surface area contributed by atoms with Gasteiger partial charge in [-0.1, -0.05) is 0 Å². The maximum absolute atomic E-state index is 12.9. The average Bonchev–Trinajstić information content (AvgIpc) is 2.86. The van der Waals surface area contributed by atoms with Crippen LogP contribution in [0.2, 0.25) is 0 Å². The van der Waals surface area contributed by atoms with Crippen LogP contribution in [0.3, 0.4) is 0 Å². The SMILES string of the molecule is NC(=NC1CC1)c1cc(O)cc(F)c1. The van der Waals surface area contributed by atoms with E-state index in [1.165, 1.54) is 12.1 Å². The first-order valence-corrected chi connectivity index (χ1v) is 4.48. The molecule has 0 bridgehead atoms. The van der Waals surface area contributed by atoms with Crippen molar-refractivity contribution in [3.8, 4) is 5.75 Å². The number of hydrogen-bond donors (Lipinski definition) is 2. The summed E-state index contributed by atoms with van der Waals surface area (Å²) in [6, 6.07) is 4.00. The zero-order chi connectivity index (χ0) is 10.1. The van der Waals surface area contributed by atoms with Gasteiger partial charge in [0.25, 0.3) is 0 Å². The normalized spacial score (nSPS) is 17.1. The molecule has 4 heteroatoms.